The molecule has 0 aromatic carbocycles. The van der Waals surface area contributed by atoms with Gasteiger partial charge in [0, 0.05) is 12.6 Å². The first-order valence-electron chi connectivity index (χ1n) is 7.12. The SMILES string of the molecule is CC(C)C(C(=O)N1CCC2CCCCC21)C(N)=S. The van der Waals surface area contributed by atoms with E-state index >= 15 is 0 Å². The highest BCUT2D eigenvalue weighted by Crippen LogP contribution is 2.37. The fourth-order valence-electron chi connectivity index (χ4n) is 3.59. The van der Waals surface area contributed by atoms with E-state index < -0.39 is 0 Å². The molecule has 0 bridgehead atoms. The minimum Gasteiger partial charge on any atom is -0.393 e. The van der Waals surface area contributed by atoms with Crippen molar-refractivity contribution >= 4 is 23.1 Å². The molecule has 3 nitrogen and oxygen atoms in total. The zero-order chi connectivity index (χ0) is 13.3. The third kappa shape index (κ3) is 2.53. The molecule has 1 saturated carbocycles. The molecule has 0 spiro atoms. The predicted octanol–water partition coefficient (Wildman–Crippen LogP) is 2.34. The monoisotopic (exact) mass is 268 g/mol. The second kappa shape index (κ2) is 5.55. The summed E-state index contributed by atoms with van der Waals surface area (Å²) < 4.78 is 0. The Balaban J connectivity index is 2.10. The predicted molar refractivity (Wildman–Crippen MR) is 77.2 cm³/mol. The van der Waals surface area contributed by atoms with Crippen molar-refractivity contribution in [3.63, 3.8) is 0 Å². The van der Waals surface area contributed by atoms with Gasteiger partial charge in [-0.25, -0.2) is 0 Å². The number of carbonyl (C=O) groups excluding carboxylic acids is 1. The summed E-state index contributed by atoms with van der Waals surface area (Å²) in [5.74, 6) is 0.812. The summed E-state index contributed by atoms with van der Waals surface area (Å²) in [6, 6.07) is 0.460. The first kappa shape index (κ1) is 13.8. The standard InChI is InChI=1S/C14H24N2OS/c1-9(2)12(13(15)18)14(17)16-8-7-10-5-3-4-6-11(10)16/h9-12H,3-8H2,1-2H3,(H2,15,18). The summed E-state index contributed by atoms with van der Waals surface area (Å²) in [6.45, 7) is 4.95. The molecule has 1 heterocycles. The number of carbonyl (C=O) groups is 1. The van der Waals surface area contributed by atoms with Crippen LogP contribution in [-0.2, 0) is 4.79 Å². The lowest BCUT2D eigenvalue weighted by molar-refractivity contribution is -0.136. The molecule has 2 N–H and O–H groups in total. The Morgan fingerprint density at radius 2 is 1.94 bits per heavy atom. The van der Waals surface area contributed by atoms with Crippen molar-refractivity contribution in [2.75, 3.05) is 6.54 Å². The van der Waals surface area contributed by atoms with E-state index in [0.717, 1.165) is 12.5 Å². The van der Waals surface area contributed by atoms with Crippen LogP contribution in [0.5, 0.6) is 0 Å². The molecule has 18 heavy (non-hydrogen) atoms. The number of fused-ring (bicyclic) bond motifs is 1. The van der Waals surface area contributed by atoms with Gasteiger partial charge in [-0.15, -0.1) is 0 Å². The Morgan fingerprint density at radius 3 is 2.56 bits per heavy atom. The molecule has 4 heteroatoms. The van der Waals surface area contributed by atoms with Gasteiger partial charge in [0.15, 0.2) is 0 Å². The van der Waals surface area contributed by atoms with Crippen LogP contribution in [-0.4, -0.2) is 28.4 Å². The molecule has 0 radical (unpaired) electrons. The summed E-state index contributed by atoms with van der Waals surface area (Å²) in [6.07, 6.45) is 6.20. The number of hydrogen-bond acceptors (Lipinski definition) is 2. The van der Waals surface area contributed by atoms with Gasteiger partial charge in [-0.2, -0.15) is 0 Å². The molecule has 0 aromatic heterocycles. The van der Waals surface area contributed by atoms with Crippen LogP contribution in [0.15, 0.2) is 0 Å². The minimum absolute atomic E-state index is 0.173. The largest absolute Gasteiger partial charge is 0.393 e. The summed E-state index contributed by atoms with van der Waals surface area (Å²) >= 11 is 5.08. The van der Waals surface area contributed by atoms with Gasteiger partial charge in [0.05, 0.1) is 10.9 Å². The van der Waals surface area contributed by atoms with Crippen LogP contribution in [0.4, 0.5) is 0 Å². The summed E-state index contributed by atoms with van der Waals surface area (Å²) in [5, 5.41) is 0. The third-order valence-electron chi connectivity index (χ3n) is 4.53. The molecule has 3 atom stereocenters. The summed E-state index contributed by atoms with van der Waals surface area (Å²) in [7, 11) is 0. The molecule has 1 aliphatic carbocycles. The first-order valence-corrected chi connectivity index (χ1v) is 7.53. The van der Waals surface area contributed by atoms with E-state index in [1.165, 1.54) is 32.1 Å². The Labute approximate surface area is 115 Å². The highest BCUT2D eigenvalue weighted by Gasteiger charge is 2.41. The van der Waals surface area contributed by atoms with Crippen LogP contribution in [0.25, 0.3) is 0 Å². The van der Waals surface area contributed by atoms with E-state index in [1.54, 1.807) is 0 Å². The van der Waals surface area contributed by atoms with Crippen LogP contribution < -0.4 is 5.73 Å². The Kier molecular flexibility index (Phi) is 4.25. The van der Waals surface area contributed by atoms with Crippen LogP contribution in [0.3, 0.4) is 0 Å². The average Bonchev–Trinajstić information content (AvgIpc) is 2.71. The molecule has 2 aliphatic rings. The molecule has 0 aromatic rings. The highest BCUT2D eigenvalue weighted by molar-refractivity contribution is 7.80. The molecule has 1 saturated heterocycles. The van der Waals surface area contributed by atoms with Gasteiger partial charge in [-0.1, -0.05) is 38.9 Å². The van der Waals surface area contributed by atoms with Crippen LogP contribution >= 0.6 is 12.2 Å². The summed E-state index contributed by atoms with van der Waals surface area (Å²) in [5.41, 5.74) is 5.76. The normalized spacial score (nSPS) is 29.2. The molecule has 1 aliphatic heterocycles. The molecule has 102 valence electrons. The topological polar surface area (TPSA) is 46.3 Å². The van der Waals surface area contributed by atoms with Gasteiger partial charge >= 0.3 is 0 Å². The number of rotatable bonds is 3. The van der Waals surface area contributed by atoms with Gasteiger partial charge < -0.3 is 10.6 Å². The fraction of sp³-hybridized carbons (Fsp3) is 0.857. The molecule has 3 unspecified atom stereocenters. The molecule has 2 rings (SSSR count). The van der Waals surface area contributed by atoms with Crippen molar-refractivity contribution < 1.29 is 4.79 Å². The van der Waals surface area contributed by atoms with Gasteiger partial charge in [0.2, 0.25) is 5.91 Å². The number of nitrogens with zero attached hydrogens (tertiary/aromatic N) is 1. The number of amides is 1. The van der Waals surface area contributed by atoms with Gasteiger partial charge in [-0.3, -0.25) is 4.79 Å². The van der Waals surface area contributed by atoms with Crippen molar-refractivity contribution in [3.05, 3.63) is 0 Å². The Bertz CT molecular complexity index is 343. The van der Waals surface area contributed by atoms with Crippen LogP contribution in [0.1, 0.15) is 46.0 Å². The minimum atomic E-state index is -0.277. The number of thiocarbonyl (C=S) groups is 1. The van der Waals surface area contributed by atoms with Gasteiger partial charge in [0.1, 0.15) is 0 Å². The maximum absolute atomic E-state index is 12.6. The quantitative estimate of drug-likeness (QED) is 0.799. The molecule has 1 amide bonds. The average molecular weight is 268 g/mol. The first-order chi connectivity index (χ1) is 8.52. The van der Waals surface area contributed by atoms with Crippen molar-refractivity contribution in [2.24, 2.45) is 23.5 Å². The lowest BCUT2D eigenvalue weighted by Gasteiger charge is -2.34. The van der Waals surface area contributed by atoms with Crippen molar-refractivity contribution in [1.29, 1.82) is 0 Å². The van der Waals surface area contributed by atoms with E-state index in [4.69, 9.17) is 18.0 Å². The van der Waals surface area contributed by atoms with E-state index in [2.05, 4.69) is 4.90 Å². The fourth-order valence-corrected chi connectivity index (χ4v) is 3.97. The van der Waals surface area contributed by atoms with Gasteiger partial charge in [0.25, 0.3) is 0 Å². The molecular formula is C14H24N2OS. The number of hydrogen-bond donors (Lipinski definition) is 1. The lowest BCUT2D eigenvalue weighted by Crippen LogP contribution is -2.47. The summed E-state index contributed by atoms with van der Waals surface area (Å²) in [4.78, 5) is 15.1. The van der Waals surface area contributed by atoms with E-state index in [0.29, 0.717) is 11.0 Å². The maximum Gasteiger partial charge on any atom is 0.233 e. The van der Waals surface area contributed by atoms with Crippen molar-refractivity contribution in [2.45, 2.75) is 52.0 Å². The van der Waals surface area contributed by atoms with Crippen LogP contribution in [0, 0.1) is 17.8 Å². The highest BCUT2D eigenvalue weighted by atomic mass is 32.1. The number of likely N-dealkylation sites (tertiary alicyclic amines) is 1. The van der Waals surface area contributed by atoms with Crippen LogP contribution in [0.2, 0.25) is 0 Å². The third-order valence-corrected chi connectivity index (χ3v) is 4.79. The number of nitrogens with two attached hydrogens (primary N) is 1. The van der Waals surface area contributed by atoms with E-state index in [1.807, 2.05) is 13.8 Å². The zero-order valence-corrected chi connectivity index (χ0v) is 12.2. The lowest BCUT2D eigenvalue weighted by atomic mass is 9.84. The second-order valence-electron chi connectivity index (χ2n) is 6.06. The maximum atomic E-state index is 12.6. The Hall–Kier alpha value is -0.640. The molecular weight excluding hydrogens is 244 g/mol. The van der Waals surface area contributed by atoms with Gasteiger partial charge in [-0.05, 0) is 31.1 Å². The van der Waals surface area contributed by atoms with E-state index in [9.17, 15) is 4.79 Å². The molecule has 2 fully saturated rings. The zero-order valence-electron chi connectivity index (χ0n) is 11.4. The Morgan fingerprint density at radius 1 is 1.28 bits per heavy atom. The smallest absolute Gasteiger partial charge is 0.233 e. The van der Waals surface area contributed by atoms with Crippen molar-refractivity contribution in [3.8, 4) is 0 Å². The second-order valence-corrected chi connectivity index (χ2v) is 6.53. The van der Waals surface area contributed by atoms with E-state index in [-0.39, 0.29) is 17.7 Å². The van der Waals surface area contributed by atoms with Crippen molar-refractivity contribution in [1.82, 2.24) is 4.90 Å².